The molecule has 0 unspecified atom stereocenters. The third-order valence-electron chi connectivity index (χ3n) is 2.74. The van der Waals surface area contributed by atoms with E-state index in [0.29, 0.717) is 0 Å². The molecule has 1 fully saturated rings. The van der Waals surface area contributed by atoms with Crippen molar-refractivity contribution >= 4 is 0 Å². The van der Waals surface area contributed by atoms with Crippen LogP contribution in [0, 0.1) is 10.1 Å². The summed E-state index contributed by atoms with van der Waals surface area (Å²) in [7, 11) is 0. The largest absolute Gasteiger partial charge is 0.366 e. The lowest BCUT2D eigenvalue weighted by molar-refractivity contribution is -0.404. The highest BCUT2D eigenvalue weighted by molar-refractivity contribution is 5.16. The Morgan fingerprint density at radius 2 is 2.12 bits per heavy atom. The lowest BCUT2D eigenvalue weighted by Crippen LogP contribution is -2.17. The number of benzene rings is 1. The van der Waals surface area contributed by atoms with Crippen LogP contribution >= 0.6 is 0 Å². The first-order valence-electron chi connectivity index (χ1n) is 5.39. The van der Waals surface area contributed by atoms with E-state index in [4.69, 9.17) is 0 Å². The fraction of sp³-hybridized carbons (Fsp3) is 0.333. The van der Waals surface area contributed by atoms with E-state index in [9.17, 15) is 10.1 Å². The molecule has 1 aliphatic heterocycles. The molecule has 84 valence electrons. The van der Waals surface area contributed by atoms with Crippen LogP contribution in [0.2, 0.25) is 0 Å². The molecule has 0 aliphatic carbocycles. The monoisotopic (exact) mass is 218 g/mol. The van der Waals surface area contributed by atoms with Gasteiger partial charge < -0.3 is 4.90 Å². The van der Waals surface area contributed by atoms with Gasteiger partial charge in [-0.05, 0) is 18.4 Å². The molecule has 0 aromatic heterocycles. The first kappa shape index (κ1) is 10.7. The smallest absolute Gasteiger partial charge is 0.253 e. The molecule has 16 heavy (non-hydrogen) atoms. The molecule has 1 aromatic carbocycles. The van der Waals surface area contributed by atoms with Gasteiger partial charge >= 0.3 is 0 Å². The quantitative estimate of drug-likeness (QED) is 0.578. The van der Waals surface area contributed by atoms with Crippen LogP contribution in [0.5, 0.6) is 0 Å². The molecular formula is C12H14N2O2. The van der Waals surface area contributed by atoms with Crippen LogP contribution in [0.15, 0.2) is 42.2 Å². The summed E-state index contributed by atoms with van der Waals surface area (Å²) in [4.78, 5) is 12.2. The minimum Gasteiger partial charge on any atom is -0.366 e. The highest BCUT2D eigenvalue weighted by atomic mass is 16.6. The third kappa shape index (κ3) is 2.59. The van der Waals surface area contributed by atoms with E-state index in [2.05, 4.69) is 4.90 Å². The van der Waals surface area contributed by atoms with Gasteiger partial charge in [-0.1, -0.05) is 30.3 Å². The average Bonchev–Trinajstić information content (AvgIpc) is 2.66. The molecule has 0 radical (unpaired) electrons. The molecular weight excluding hydrogens is 204 g/mol. The summed E-state index contributed by atoms with van der Waals surface area (Å²) in [6.45, 7) is 1.68. The summed E-state index contributed by atoms with van der Waals surface area (Å²) in [6, 6.07) is 10.0. The van der Waals surface area contributed by atoms with E-state index in [1.807, 2.05) is 30.3 Å². The van der Waals surface area contributed by atoms with Crippen LogP contribution in [-0.4, -0.2) is 16.4 Å². The van der Waals surface area contributed by atoms with Crippen LogP contribution in [0.4, 0.5) is 0 Å². The Bertz CT molecular complexity index is 401. The zero-order valence-corrected chi connectivity index (χ0v) is 9.00. The number of allylic oxidation sites excluding steroid dienone is 1. The molecule has 0 N–H and O–H groups in total. The molecule has 1 heterocycles. The second kappa shape index (κ2) is 4.79. The molecule has 0 atom stereocenters. The lowest BCUT2D eigenvalue weighted by atomic mass is 10.2. The van der Waals surface area contributed by atoms with Gasteiger partial charge in [-0.25, -0.2) is 0 Å². The number of nitrogens with zero attached hydrogens (tertiary/aromatic N) is 2. The highest BCUT2D eigenvalue weighted by Gasteiger charge is 2.19. The van der Waals surface area contributed by atoms with Crippen LogP contribution in [0.25, 0.3) is 0 Å². The molecule has 4 heteroatoms. The van der Waals surface area contributed by atoms with Crippen molar-refractivity contribution in [1.29, 1.82) is 0 Å². The maximum Gasteiger partial charge on any atom is 0.253 e. The molecule has 1 aliphatic rings. The number of hydrogen-bond acceptors (Lipinski definition) is 3. The fourth-order valence-electron chi connectivity index (χ4n) is 2.01. The SMILES string of the molecule is O=[N+]([O-])C=C1CCCN1Cc1ccccc1. The minimum absolute atomic E-state index is 0.362. The Labute approximate surface area is 94.3 Å². The molecule has 0 spiro atoms. The number of rotatable bonds is 3. The second-order valence-corrected chi connectivity index (χ2v) is 3.92. The maximum absolute atomic E-state index is 10.5. The van der Waals surface area contributed by atoms with Crippen molar-refractivity contribution in [3.63, 3.8) is 0 Å². The van der Waals surface area contributed by atoms with Gasteiger partial charge in [-0.2, -0.15) is 0 Å². The minimum atomic E-state index is -0.362. The molecule has 1 saturated heterocycles. The molecule has 1 aromatic rings. The lowest BCUT2D eigenvalue weighted by Gasteiger charge is -2.18. The summed E-state index contributed by atoms with van der Waals surface area (Å²) in [5, 5.41) is 10.5. The van der Waals surface area contributed by atoms with Crippen molar-refractivity contribution in [2.24, 2.45) is 0 Å². The van der Waals surface area contributed by atoms with E-state index in [1.165, 1.54) is 5.56 Å². The van der Waals surface area contributed by atoms with Gasteiger partial charge in [0.1, 0.15) is 0 Å². The summed E-state index contributed by atoms with van der Waals surface area (Å²) < 4.78 is 0. The fourth-order valence-corrected chi connectivity index (χ4v) is 2.01. The Kier molecular flexibility index (Phi) is 3.19. The topological polar surface area (TPSA) is 46.4 Å². The Morgan fingerprint density at radius 1 is 1.38 bits per heavy atom. The van der Waals surface area contributed by atoms with E-state index < -0.39 is 0 Å². The maximum atomic E-state index is 10.5. The summed E-state index contributed by atoms with van der Waals surface area (Å²) in [5.74, 6) is 0. The summed E-state index contributed by atoms with van der Waals surface area (Å²) >= 11 is 0. The van der Waals surface area contributed by atoms with Gasteiger partial charge in [0.25, 0.3) is 6.20 Å². The molecule has 0 amide bonds. The van der Waals surface area contributed by atoms with Crippen molar-refractivity contribution in [2.45, 2.75) is 19.4 Å². The Hall–Kier alpha value is -1.84. The molecule has 0 saturated carbocycles. The van der Waals surface area contributed by atoms with Crippen LogP contribution in [0.3, 0.4) is 0 Å². The normalized spacial score (nSPS) is 18.0. The predicted molar refractivity (Wildman–Crippen MR) is 61.2 cm³/mol. The number of nitro groups is 1. The van der Waals surface area contributed by atoms with Crippen molar-refractivity contribution in [3.05, 3.63) is 57.9 Å². The standard InChI is InChI=1S/C12H14N2O2/c15-14(16)10-12-7-4-8-13(12)9-11-5-2-1-3-6-11/h1-3,5-6,10H,4,7-9H2. The zero-order chi connectivity index (χ0) is 11.4. The highest BCUT2D eigenvalue weighted by Crippen LogP contribution is 2.23. The van der Waals surface area contributed by atoms with Crippen LogP contribution in [0.1, 0.15) is 18.4 Å². The first-order valence-corrected chi connectivity index (χ1v) is 5.39. The van der Waals surface area contributed by atoms with Crippen LogP contribution in [-0.2, 0) is 6.54 Å². The van der Waals surface area contributed by atoms with Gasteiger partial charge in [0, 0.05) is 13.1 Å². The zero-order valence-electron chi connectivity index (χ0n) is 9.00. The third-order valence-corrected chi connectivity index (χ3v) is 2.74. The number of likely N-dealkylation sites (tertiary alicyclic amines) is 1. The predicted octanol–water partition coefficient (Wildman–Crippen LogP) is 2.40. The van der Waals surface area contributed by atoms with Crippen LogP contribution < -0.4 is 0 Å². The van der Waals surface area contributed by atoms with Gasteiger partial charge in [0.05, 0.1) is 10.6 Å². The molecule has 0 bridgehead atoms. The Balaban J connectivity index is 2.07. The molecule has 4 nitrogen and oxygen atoms in total. The second-order valence-electron chi connectivity index (χ2n) is 3.92. The van der Waals surface area contributed by atoms with Gasteiger partial charge in [0.2, 0.25) is 0 Å². The van der Waals surface area contributed by atoms with Crippen molar-refractivity contribution in [2.75, 3.05) is 6.54 Å². The van der Waals surface area contributed by atoms with E-state index in [1.54, 1.807) is 0 Å². The number of hydrogen-bond donors (Lipinski definition) is 0. The Morgan fingerprint density at radius 3 is 2.81 bits per heavy atom. The average molecular weight is 218 g/mol. The van der Waals surface area contributed by atoms with E-state index in [-0.39, 0.29) is 4.92 Å². The first-order chi connectivity index (χ1) is 7.75. The summed E-state index contributed by atoms with van der Waals surface area (Å²) in [5.41, 5.74) is 2.03. The van der Waals surface area contributed by atoms with Gasteiger partial charge in [0.15, 0.2) is 0 Å². The van der Waals surface area contributed by atoms with Gasteiger partial charge in [-0.15, -0.1) is 0 Å². The van der Waals surface area contributed by atoms with E-state index in [0.717, 1.165) is 37.8 Å². The van der Waals surface area contributed by atoms with Crippen molar-refractivity contribution in [3.8, 4) is 0 Å². The molecule has 2 rings (SSSR count). The van der Waals surface area contributed by atoms with Gasteiger partial charge in [-0.3, -0.25) is 10.1 Å². The van der Waals surface area contributed by atoms with Crippen molar-refractivity contribution < 1.29 is 4.92 Å². The summed E-state index contributed by atoms with van der Waals surface area (Å²) in [6.07, 6.45) is 2.95. The van der Waals surface area contributed by atoms with Crippen molar-refractivity contribution in [1.82, 2.24) is 4.90 Å². The van der Waals surface area contributed by atoms with E-state index >= 15 is 0 Å².